The number of nitrogen functional groups attached to an aromatic ring is 1. The van der Waals surface area contributed by atoms with Crippen LogP contribution in [0.3, 0.4) is 0 Å². The van der Waals surface area contributed by atoms with Gasteiger partial charge in [0.05, 0.1) is 5.70 Å². The van der Waals surface area contributed by atoms with Gasteiger partial charge in [-0.05, 0) is 43.4 Å². The number of aromatic nitrogens is 3. The average Bonchev–Trinajstić information content (AvgIpc) is 3.26. The van der Waals surface area contributed by atoms with E-state index >= 15 is 0 Å². The molecular weight excluding hydrogens is 376 g/mol. The fourth-order valence-corrected chi connectivity index (χ4v) is 3.97. The van der Waals surface area contributed by atoms with Crippen molar-refractivity contribution in [2.75, 3.05) is 49.2 Å². The largest absolute Gasteiger partial charge is 0.384 e. The van der Waals surface area contributed by atoms with Crippen molar-refractivity contribution in [3.63, 3.8) is 0 Å². The average molecular weight is 403 g/mol. The summed E-state index contributed by atoms with van der Waals surface area (Å²) in [5.74, 6) is 1.39. The molecule has 0 bridgehead atoms. The summed E-state index contributed by atoms with van der Waals surface area (Å²) in [6.45, 7) is 4.34. The number of anilines is 3. The smallest absolute Gasteiger partial charge is 0.157 e. The fourth-order valence-electron chi connectivity index (χ4n) is 3.97. The predicted octanol–water partition coefficient (Wildman–Crippen LogP) is 2.17. The maximum Gasteiger partial charge on any atom is 0.157 e. The van der Waals surface area contributed by atoms with Gasteiger partial charge in [0, 0.05) is 67.9 Å². The molecule has 0 amide bonds. The number of imidazole rings is 1. The monoisotopic (exact) mass is 402 g/mol. The first kappa shape index (κ1) is 18.5. The molecule has 2 aliphatic rings. The summed E-state index contributed by atoms with van der Waals surface area (Å²) in [7, 11) is 2.18. The maximum atomic E-state index is 5.86. The van der Waals surface area contributed by atoms with Crippen LogP contribution in [-0.2, 0) is 0 Å². The highest BCUT2D eigenvalue weighted by molar-refractivity contribution is 5.69. The molecule has 0 saturated carbocycles. The predicted molar refractivity (Wildman–Crippen MR) is 120 cm³/mol. The number of benzene rings is 1. The molecule has 1 aromatic carbocycles. The number of nitrogens with two attached hydrogens (primary N) is 1. The van der Waals surface area contributed by atoms with Gasteiger partial charge in [-0.3, -0.25) is 4.57 Å². The van der Waals surface area contributed by atoms with Crippen LogP contribution in [0, 0.1) is 0 Å². The third-order valence-corrected chi connectivity index (χ3v) is 5.70. The third-order valence-electron chi connectivity index (χ3n) is 5.70. The van der Waals surface area contributed by atoms with E-state index in [4.69, 9.17) is 5.73 Å². The second kappa shape index (κ2) is 7.72. The van der Waals surface area contributed by atoms with Gasteiger partial charge in [-0.2, -0.15) is 0 Å². The van der Waals surface area contributed by atoms with Gasteiger partial charge in [0.1, 0.15) is 5.82 Å². The van der Waals surface area contributed by atoms with E-state index in [9.17, 15) is 0 Å². The van der Waals surface area contributed by atoms with Crippen molar-refractivity contribution < 1.29 is 0 Å². The van der Waals surface area contributed by atoms with E-state index in [1.165, 1.54) is 5.69 Å². The molecule has 30 heavy (non-hydrogen) atoms. The second-order valence-corrected chi connectivity index (χ2v) is 7.74. The Kier molecular flexibility index (Phi) is 4.76. The molecule has 8 heteroatoms. The minimum atomic E-state index is -0.127. The molecular formula is C22H26N8. The molecule has 5 rings (SSSR count). The molecule has 0 aliphatic carbocycles. The quantitative estimate of drug-likeness (QED) is 0.616. The molecule has 2 aromatic heterocycles. The number of likely N-dealkylation sites (N-methyl/N-ethyl adjacent to an activating group) is 1. The Labute approximate surface area is 176 Å². The van der Waals surface area contributed by atoms with Gasteiger partial charge in [0.15, 0.2) is 12.0 Å². The van der Waals surface area contributed by atoms with E-state index < -0.39 is 0 Å². The molecule has 3 aromatic rings. The molecule has 1 fully saturated rings. The number of nitrogens with one attached hydrogen (secondary N) is 2. The van der Waals surface area contributed by atoms with Crippen molar-refractivity contribution in [3.8, 4) is 0 Å². The standard InChI is InChI=1S/C22H26N8/c1-28-10-12-29(13-11-28)18-4-2-17(3-5-18)27-21-22-25-8-9-30(22)19(15-26-21)16-6-7-24-20(23)14-16/h2-9,14-15,21,26-27H,10-13H2,1H3,(H2,23,24). The highest BCUT2D eigenvalue weighted by Gasteiger charge is 2.23. The van der Waals surface area contributed by atoms with Crippen LogP contribution in [0.15, 0.2) is 61.2 Å². The van der Waals surface area contributed by atoms with Crippen molar-refractivity contribution in [2.24, 2.45) is 0 Å². The summed E-state index contributed by atoms with van der Waals surface area (Å²) >= 11 is 0. The highest BCUT2D eigenvalue weighted by Crippen LogP contribution is 2.28. The van der Waals surface area contributed by atoms with E-state index in [1.807, 2.05) is 30.7 Å². The number of rotatable bonds is 4. The van der Waals surface area contributed by atoms with Gasteiger partial charge in [0.2, 0.25) is 0 Å². The zero-order chi connectivity index (χ0) is 20.5. The third kappa shape index (κ3) is 3.57. The Bertz CT molecular complexity index is 1050. The number of nitrogens with zero attached hydrogens (tertiary/aromatic N) is 5. The van der Waals surface area contributed by atoms with Crippen molar-refractivity contribution in [3.05, 3.63) is 72.6 Å². The number of hydrogen-bond donors (Lipinski definition) is 3. The van der Waals surface area contributed by atoms with Crippen molar-refractivity contribution in [1.29, 1.82) is 0 Å². The Morgan fingerprint density at radius 1 is 1.03 bits per heavy atom. The summed E-state index contributed by atoms with van der Waals surface area (Å²) < 4.78 is 2.07. The summed E-state index contributed by atoms with van der Waals surface area (Å²) in [6, 6.07) is 12.4. The summed E-state index contributed by atoms with van der Waals surface area (Å²) in [5.41, 5.74) is 10.2. The van der Waals surface area contributed by atoms with E-state index in [0.29, 0.717) is 5.82 Å². The minimum Gasteiger partial charge on any atom is -0.384 e. The van der Waals surface area contributed by atoms with Gasteiger partial charge in [0.25, 0.3) is 0 Å². The van der Waals surface area contributed by atoms with Crippen LogP contribution in [-0.4, -0.2) is 52.7 Å². The van der Waals surface area contributed by atoms with Crippen LogP contribution in [0.2, 0.25) is 0 Å². The van der Waals surface area contributed by atoms with Gasteiger partial charge in [-0.25, -0.2) is 9.97 Å². The first-order chi connectivity index (χ1) is 14.7. The van der Waals surface area contributed by atoms with Crippen LogP contribution >= 0.6 is 0 Å². The van der Waals surface area contributed by atoms with Gasteiger partial charge in [-0.15, -0.1) is 0 Å². The fraction of sp³-hybridized carbons (Fsp3) is 0.273. The summed E-state index contributed by atoms with van der Waals surface area (Å²) in [4.78, 5) is 13.5. The lowest BCUT2D eigenvalue weighted by Gasteiger charge is -2.34. The normalized spacial score (nSPS) is 19.0. The number of pyridine rings is 1. The van der Waals surface area contributed by atoms with Gasteiger partial charge in [-0.1, -0.05) is 0 Å². The Morgan fingerprint density at radius 2 is 1.83 bits per heavy atom. The van der Waals surface area contributed by atoms with Gasteiger partial charge < -0.3 is 26.2 Å². The Morgan fingerprint density at radius 3 is 2.60 bits per heavy atom. The van der Waals surface area contributed by atoms with Crippen molar-refractivity contribution in [2.45, 2.75) is 6.17 Å². The SMILES string of the molecule is CN1CCN(c2ccc(NC3NC=C(c4ccnc(N)c4)n4ccnc43)cc2)CC1. The molecule has 1 saturated heterocycles. The molecule has 0 spiro atoms. The van der Waals surface area contributed by atoms with Crippen LogP contribution in [0.1, 0.15) is 17.6 Å². The first-order valence-corrected chi connectivity index (χ1v) is 10.2. The molecule has 154 valence electrons. The Balaban J connectivity index is 1.32. The first-order valence-electron chi connectivity index (χ1n) is 10.2. The highest BCUT2D eigenvalue weighted by atomic mass is 15.3. The lowest BCUT2D eigenvalue weighted by Crippen LogP contribution is -2.44. The topological polar surface area (TPSA) is 87.3 Å². The summed E-state index contributed by atoms with van der Waals surface area (Å²) in [5, 5.41) is 6.97. The molecule has 4 N–H and O–H groups in total. The lowest BCUT2D eigenvalue weighted by atomic mass is 10.1. The second-order valence-electron chi connectivity index (χ2n) is 7.74. The van der Waals surface area contributed by atoms with E-state index in [2.05, 4.69) is 66.3 Å². The van der Waals surface area contributed by atoms with E-state index in [-0.39, 0.29) is 6.17 Å². The van der Waals surface area contributed by atoms with Crippen LogP contribution in [0.4, 0.5) is 17.2 Å². The molecule has 8 nitrogen and oxygen atoms in total. The van der Waals surface area contributed by atoms with Crippen LogP contribution < -0.4 is 21.3 Å². The van der Waals surface area contributed by atoms with Crippen LogP contribution in [0.25, 0.3) is 5.70 Å². The molecule has 1 unspecified atom stereocenters. The van der Waals surface area contributed by atoms with Gasteiger partial charge >= 0.3 is 0 Å². The Hall–Kier alpha value is -3.52. The zero-order valence-corrected chi connectivity index (χ0v) is 17.0. The lowest BCUT2D eigenvalue weighted by molar-refractivity contribution is 0.313. The molecule has 0 radical (unpaired) electrons. The number of fused-ring (bicyclic) bond motifs is 1. The van der Waals surface area contributed by atoms with Crippen molar-refractivity contribution >= 4 is 22.9 Å². The van der Waals surface area contributed by atoms with Crippen molar-refractivity contribution in [1.82, 2.24) is 24.8 Å². The minimum absolute atomic E-state index is 0.127. The number of hydrogen-bond acceptors (Lipinski definition) is 7. The molecule has 4 heterocycles. The zero-order valence-electron chi connectivity index (χ0n) is 17.0. The number of piperazine rings is 1. The molecule has 2 aliphatic heterocycles. The summed E-state index contributed by atoms with van der Waals surface area (Å²) in [6.07, 6.45) is 7.35. The van der Waals surface area contributed by atoms with Crippen LogP contribution in [0.5, 0.6) is 0 Å². The van der Waals surface area contributed by atoms with E-state index in [1.54, 1.807) is 6.20 Å². The van der Waals surface area contributed by atoms with E-state index in [0.717, 1.165) is 49.0 Å². The maximum absolute atomic E-state index is 5.86. The molecule has 1 atom stereocenters.